The van der Waals surface area contributed by atoms with Gasteiger partial charge in [0.05, 0.1) is 11.2 Å². The fourth-order valence-corrected chi connectivity index (χ4v) is 4.33. The van der Waals surface area contributed by atoms with Crippen molar-refractivity contribution in [2.75, 3.05) is 5.32 Å². The molecule has 0 bridgehead atoms. The normalized spacial score (nSPS) is 11.0. The van der Waals surface area contributed by atoms with E-state index in [0.29, 0.717) is 29.4 Å². The van der Waals surface area contributed by atoms with Gasteiger partial charge in [-0.1, -0.05) is 41.0 Å². The summed E-state index contributed by atoms with van der Waals surface area (Å²) in [5, 5.41) is 11.8. The third kappa shape index (κ3) is 5.44. The van der Waals surface area contributed by atoms with Gasteiger partial charge < -0.3 is 15.2 Å². The minimum Gasteiger partial charge on any atom is -0.365 e. The number of pyridine rings is 1. The first-order chi connectivity index (χ1) is 17.9. The largest absolute Gasteiger partial charge is 0.365 e. The molecule has 0 atom stereocenters. The van der Waals surface area contributed by atoms with Crippen LogP contribution in [0.3, 0.4) is 0 Å². The fourth-order valence-electron chi connectivity index (χ4n) is 4.11. The molecule has 0 fully saturated rings. The standard InChI is InChI=1S/C28H25ClN6O2/c1-16-7-8-20(14-30-16)15-32-28(36)27-33-24-10-9-21(25-17(2)35-37-18(25)3)12-23(24)26(34-27)31-13-19-5-4-6-22(29)11-19/h4-12,14H,13,15H2,1-3H3,(H,32,36)(H,31,33,34). The maximum absolute atomic E-state index is 13.0. The van der Waals surface area contributed by atoms with Gasteiger partial charge in [0.1, 0.15) is 11.6 Å². The first-order valence-electron chi connectivity index (χ1n) is 11.8. The lowest BCUT2D eigenvalue weighted by atomic mass is 10.0. The van der Waals surface area contributed by atoms with Gasteiger partial charge in [0.25, 0.3) is 5.91 Å². The van der Waals surface area contributed by atoms with E-state index >= 15 is 0 Å². The van der Waals surface area contributed by atoms with Crippen molar-refractivity contribution >= 4 is 34.2 Å². The number of aryl methyl sites for hydroxylation is 3. The molecular formula is C28H25ClN6O2. The van der Waals surface area contributed by atoms with Crippen LogP contribution in [0.4, 0.5) is 5.82 Å². The van der Waals surface area contributed by atoms with E-state index in [2.05, 4.69) is 30.7 Å². The number of hydrogen-bond donors (Lipinski definition) is 2. The molecule has 5 rings (SSSR count). The number of nitrogens with one attached hydrogen (secondary N) is 2. The lowest BCUT2D eigenvalue weighted by Crippen LogP contribution is -2.25. The van der Waals surface area contributed by atoms with Gasteiger partial charge in [0, 0.05) is 41.0 Å². The maximum atomic E-state index is 13.0. The van der Waals surface area contributed by atoms with Crippen LogP contribution in [-0.2, 0) is 13.1 Å². The summed E-state index contributed by atoms with van der Waals surface area (Å²) in [6.45, 7) is 6.50. The number of rotatable bonds is 7. The molecule has 2 aromatic carbocycles. The third-order valence-electron chi connectivity index (χ3n) is 6.00. The van der Waals surface area contributed by atoms with Gasteiger partial charge in [-0.2, -0.15) is 0 Å². The Kier molecular flexibility index (Phi) is 6.83. The summed E-state index contributed by atoms with van der Waals surface area (Å²) in [6, 6.07) is 17.2. The topological polar surface area (TPSA) is 106 Å². The summed E-state index contributed by atoms with van der Waals surface area (Å²) in [6.07, 6.45) is 1.74. The third-order valence-corrected chi connectivity index (χ3v) is 6.23. The number of aromatic nitrogens is 4. The summed E-state index contributed by atoms with van der Waals surface area (Å²) in [5.74, 6) is 0.975. The number of halogens is 1. The highest BCUT2D eigenvalue weighted by atomic mass is 35.5. The molecule has 186 valence electrons. The monoisotopic (exact) mass is 512 g/mol. The quantitative estimate of drug-likeness (QED) is 0.284. The molecule has 9 heteroatoms. The number of nitrogens with zero attached hydrogens (tertiary/aromatic N) is 4. The molecule has 0 saturated heterocycles. The maximum Gasteiger partial charge on any atom is 0.289 e. The molecule has 0 aliphatic heterocycles. The number of hydrogen-bond acceptors (Lipinski definition) is 7. The lowest BCUT2D eigenvalue weighted by molar-refractivity contribution is 0.0941. The van der Waals surface area contributed by atoms with Crippen LogP contribution in [0, 0.1) is 20.8 Å². The van der Waals surface area contributed by atoms with Gasteiger partial charge in [-0.15, -0.1) is 0 Å². The molecule has 0 aliphatic carbocycles. The zero-order chi connectivity index (χ0) is 25.9. The van der Waals surface area contributed by atoms with Crippen LogP contribution in [0.1, 0.15) is 38.9 Å². The Balaban J connectivity index is 1.50. The number of anilines is 1. The average molecular weight is 513 g/mol. The first kappa shape index (κ1) is 24.4. The molecule has 8 nitrogen and oxygen atoms in total. The second kappa shape index (κ2) is 10.4. The number of benzene rings is 2. The van der Waals surface area contributed by atoms with Crippen LogP contribution in [0.2, 0.25) is 5.02 Å². The van der Waals surface area contributed by atoms with Crippen LogP contribution in [0.25, 0.3) is 22.0 Å². The average Bonchev–Trinajstić information content (AvgIpc) is 3.24. The van der Waals surface area contributed by atoms with Crippen LogP contribution >= 0.6 is 11.6 Å². The number of fused-ring (bicyclic) bond motifs is 1. The second-order valence-corrected chi connectivity index (χ2v) is 9.24. The molecule has 1 amide bonds. The van der Waals surface area contributed by atoms with Crippen molar-refractivity contribution in [1.29, 1.82) is 0 Å². The minimum absolute atomic E-state index is 0.0752. The summed E-state index contributed by atoms with van der Waals surface area (Å²) < 4.78 is 5.36. The molecule has 0 aliphatic rings. The van der Waals surface area contributed by atoms with E-state index in [9.17, 15) is 4.79 Å². The summed E-state index contributed by atoms with van der Waals surface area (Å²) in [7, 11) is 0. The summed E-state index contributed by atoms with van der Waals surface area (Å²) in [5.41, 5.74) is 6.09. The molecule has 0 saturated carbocycles. The van der Waals surface area contributed by atoms with Gasteiger partial charge in [0.2, 0.25) is 5.82 Å². The van der Waals surface area contributed by atoms with Crippen LogP contribution in [0.15, 0.2) is 65.3 Å². The van der Waals surface area contributed by atoms with Gasteiger partial charge in [-0.3, -0.25) is 9.78 Å². The van der Waals surface area contributed by atoms with Gasteiger partial charge >= 0.3 is 0 Å². The Labute approximate surface area is 219 Å². The van der Waals surface area contributed by atoms with E-state index in [4.69, 9.17) is 16.1 Å². The highest BCUT2D eigenvalue weighted by molar-refractivity contribution is 6.30. The van der Waals surface area contributed by atoms with Crippen LogP contribution in [-0.4, -0.2) is 26.0 Å². The van der Waals surface area contributed by atoms with Crippen molar-refractivity contribution in [3.63, 3.8) is 0 Å². The summed E-state index contributed by atoms with van der Waals surface area (Å²) in [4.78, 5) is 26.5. The van der Waals surface area contributed by atoms with Crippen LogP contribution in [0.5, 0.6) is 0 Å². The van der Waals surface area contributed by atoms with Gasteiger partial charge in [0.15, 0.2) is 0 Å². The predicted molar refractivity (Wildman–Crippen MR) is 143 cm³/mol. The van der Waals surface area contributed by atoms with Crippen LogP contribution < -0.4 is 10.6 Å². The fraction of sp³-hybridized carbons (Fsp3) is 0.179. The van der Waals surface area contributed by atoms with E-state index in [0.717, 1.165) is 44.8 Å². The highest BCUT2D eigenvalue weighted by Crippen LogP contribution is 2.31. The van der Waals surface area contributed by atoms with Crippen molar-refractivity contribution in [1.82, 2.24) is 25.4 Å². The Morgan fingerprint density at radius 3 is 2.57 bits per heavy atom. The summed E-state index contributed by atoms with van der Waals surface area (Å²) >= 11 is 6.16. The molecular weight excluding hydrogens is 488 g/mol. The zero-order valence-electron chi connectivity index (χ0n) is 20.7. The molecule has 2 N–H and O–H groups in total. The number of carbonyl (C=O) groups excluding carboxylic acids is 1. The van der Waals surface area contributed by atoms with Crippen molar-refractivity contribution in [3.05, 3.63) is 99.9 Å². The molecule has 3 aromatic heterocycles. The van der Waals surface area contributed by atoms with Crippen molar-refractivity contribution < 1.29 is 9.32 Å². The van der Waals surface area contributed by atoms with Crippen molar-refractivity contribution in [3.8, 4) is 11.1 Å². The SMILES string of the molecule is Cc1ccc(CNC(=O)c2nc(NCc3cccc(Cl)c3)c3cc(-c4c(C)noc4C)ccc3n2)cn1. The second-order valence-electron chi connectivity index (χ2n) is 8.80. The van der Waals surface area contributed by atoms with Gasteiger partial charge in [-0.05, 0) is 67.8 Å². The molecule has 0 unspecified atom stereocenters. The molecule has 5 aromatic rings. The van der Waals surface area contributed by atoms with Crippen molar-refractivity contribution in [2.24, 2.45) is 0 Å². The first-order valence-corrected chi connectivity index (χ1v) is 12.2. The van der Waals surface area contributed by atoms with E-state index in [1.54, 1.807) is 6.20 Å². The molecule has 37 heavy (non-hydrogen) atoms. The van der Waals surface area contributed by atoms with E-state index < -0.39 is 0 Å². The smallest absolute Gasteiger partial charge is 0.289 e. The molecule has 0 spiro atoms. The Morgan fingerprint density at radius 2 is 1.84 bits per heavy atom. The van der Waals surface area contributed by atoms with E-state index in [-0.39, 0.29) is 11.7 Å². The van der Waals surface area contributed by atoms with E-state index in [1.165, 1.54) is 0 Å². The highest BCUT2D eigenvalue weighted by Gasteiger charge is 2.17. The van der Waals surface area contributed by atoms with Gasteiger partial charge in [-0.25, -0.2) is 9.97 Å². The minimum atomic E-state index is -0.372. The Morgan fingerprint density at radius 1 is 0.973 bits per heavy atom. The number of carbonyl (C=O) groups is 1. The Bertz CT molecular complexity index is 1580. The Hall–Kier alpha value is -4.30. The number of amides is 1. The predicted octanol–water partition coefficient (Wildman–Crippen LogP) is 5.80. The lowest BCUT2D eigenvalue weighted by Gasteiger charge is -2.13. The van der Waals surface area contributed by atoms with E-state index in [1.807, 2.05) is 75.4 Å². The molecule has 0 radical (unpaired) electrons. The van der Waals surface area contributed by atoms with Crippen molar-refractivity contribution in [2.45, 2.75) is 33.9 Å². The zero-order valence-corrected chi connectivity index (χ0v) is 21.4. The molecule has 3 heterocycles.